The highest BCUT2D eigenvalue weighted by Gasteiger charge is 2.30. The second-order valence-electron chi connectivity index (χ2n) is 3.63. The van der Waals surface area contributed by atoms with Gasteiger partial charge < -0.3 is 15.1 Å². The fourth-order valence-electron chi connectivity index (χ4n) is 1.56. The molecule has 0 aromatic carbocycles. The summed E-state index contributed by atoms with van der Waals surface area (Å²) in [5.41, 5.74) is 1.02. The third-order valence-electron chi connectivity index (χ3n) is 2.36. The number of aliphatic hydroxyl groups is 2. The Balaban J connectivity index is 2.17. The lowest BCUT2D eigenvalue weighted by atomic mass is 10.3. The van der Waals surface area contributed by atoms with Gasteiger partial charge in [-0.1, -0.05) is 0 Å². The molecule has 1 aromatic heterocycles. The van der Waals surface area contributed by atoms with E-state index in [2.05, 4.69) is 10.2 Å². The lowest BCUT2D eigenvalue weighted by Crippen LogP contribution is -2.22. The molecule has 5 nitrogen and oxygen atoms in total. The first-order chi connectivity index (χ1) is 6.66. The zero-order chi connectivity index (χ0) is 10.1. The molecule has 1 fully saturated rings. The van der Waals surface area contributed by atoms with Crippen LogP contribution < -0.4 is 4.90 Å². The number of β-amino-alcohol motifs (C(OH)–C–C–N with tert-alkyl or cyclic N) is 2. The average molecular weight is 195 g/mol. The lowest BCUT2D eigenvalue weighted by molar-refractivity contribution is 0.0572. The molecule has 5 heteroatoms. The van der Waals surface area contributed by atoms with Crippen LogP contribution in [0.5, 0.6) is 0 Å². The van der Waals surface area contributed by atoms with E-state index < -0.39 is 12.2 Å². The zero-order valence-electron chi connectivity index (χ0n) is 7.96. The molecule has 76 valence electrons. The molecular weight excluding hydrogens is 182 g/mol. The maximum Gasteiger partial charge on any atom is 0.151 e. The molecule has 0 saturated carbocycles. The third-order valence-corrected chi connectivity index (χ3v) is 2.36. The van der Waals surface area contributed by atoms with Gasteiger partial charge in [0.05, 0.1) is 18.4 Å². The summed E-state index contributed by atoms with van der Waals surface area (Å²) >= 11 is 0. The van der Waals surface area contributed by atoms with Gasteiger partial charge in [-0.2, -0.15) is 5.10 Å². The van der Waals surface area contributed by atoms with Gasteiger partial charge in [-0.25, -0.2) is 0 Å². The largest absolute Gasteiger partial charge is 0.389 e. The van der Waals surface area contributed by atoms with E-state index in [1.807, 2.05) is 17.9 Å². The maximum absolute atomic E-state index is 9.36. The summed E-state index contributed by atoms with van der Waals surface area (Å²) in [6.07, 6.45) is 0.307. The number of aliphatic hydroxyl groups excluding tert-OH is 2. The van der Waals surface area contributed by atoms with E-state index in [4.69, 9.17) is 0 Å². The molecule has 14 heavy (non-hydrogen) atoms. The molecule has 0 radical (unpaired) electrons. The van der Waals surface area contributed by atoms with Crippen molar-refractivity contribution < 1.29 is 10.2 Å². The molecule has 2 rings (SSSR count). The van der Waals surface area contributed by atoms with Gasteiger partial charge in [-0.15, -0.1) is 5.10 Å². The Kier molecular flexibility index (Phi) is 2.35. The highest BCUT2D eigenvalue weighted by molar-refractivity contribution is 5.41. The Bertz CT molecular complexity index is 322. The molecule has 1 aliphatic rings. The van der Waals surface area contributed by atoms with Gasteiger partial charge in [-0.05, 0) is 18.6 Å². The van der Waals surface area contributed by atoms with Crippen LogP contribution in [0.15, 0.2) is 12.3 Å². The second-order valence-corrected chi connectivity index (χ2v) is 3.63. The summed E-state index contributed by atoms with van der Waals surface area (Å²) in [6.45, 7) is 2.76. The van der Waals surface area contributed by atoms with Gasteiger partial charge in [0, 0.05) is 13.1 Å². The van der Waals surface area contributed by atoms with E-state index in [1.54, 1.807) is 6.20 Å². The number of rotatable bonds is 1. The molecule has 1 saturated heterocycles. The summed E-state index contributed by atoms with van der Waals surface area (Å²) in [4.78, 5) is 1.83. The third kappa shape index (κ3) is 1.69. The van der Waals surface area contributed by atoms with Gasteiger partial charge >= 0.3 is 0 Å². The minimum atomic E-state index is -0.683. The number of nitrogens with zero attached hydrogens (tertiary/aromatic N) is 3. The first-order valence-corrected chi connectivity index (χ1v) is 4.57. The predicted octanol–water partition coefficient (Wildman–Crippen LogP) is -0.673. The van der Waals surface area contributed by atoms with E-state index in [0.29, 0.717) is 18.9 Å². The van der Waals surface area contributed by atoms with Crippen LogP contribution in [0, 0.1) is 6.92 Å². The number of aryl methyl sites for hydroxylation is 1. The zero-order valence-corrected chi connectivity index (χ0v) is 7.96. The highest BCUT2D eigenvalue weighted by Crippen LogP contribution is 2.18. The normalized spacial score (nSPS) is 26.9. The standard InChI is InChI=1S/C9H13N3O2/c1-6-2-9(11-10-3-6)12-4-7(13)8(14)5-12/h2-3,7-8,13-14H,4-5H2,1H3. The average Bonchev–Trinajstić information content (AvgIpc) is 2.47. The van der Waals surface area contributed by atoms with E-state index >= 15 is 0 Å². The van der Waals surface area contributed by atoms with Crippen molar-refractivity contribution >= 4 is 5.82 Å². The predicted molar refractivity (Wildman–Crippen MR) is 51.0 cm³/mol. The van der Waals surface area contributed by atoms with Crippen LogP contribution in [0.4, 0.5) is 5.82 Å². The quantitative estimate of drug-likeness (QED) is 0.621. The van der Waals surface area contributed by atoms with Crippen molar-refractivity contribution in [2.75, 3.05) is 18.0 Å². The smallest absolute Gasteiger partial charge is 0.151 e. The first kappa shape index (κ1) is 9.36. The Labute approximate surface area is 82.0 Å². The van der Waals surface area contributed by atoms with Crippen molar-refractivity contribution in [2.45, 2.75) is 19.1 Å². The monoisotopic (exact) mass is 195 g/mol. The van der Waals surface area contributed by atoms with Crippen LogP contribution in [0.25, 0.3) is 0 Å². The van der Waals surface area contributed by atoms with Crippen LogP contribution in [-0.4, -0.2) is 45.7 Å². The fourth-order valence-corrected chi connectivity index (χ4v) is 1.56. The minimum absolute atomic E-state index is 0.416. The summed E-state index contributed by atoms with van der Waals surface area (Å²) in [5, 5.41) is 26.5. The summed E-state index contributed by atoms with van der Waals surface area (Å²) < 4.78 is 0. The van der Waals surface area contributed by atoms with Crippen molar-refractivity contribution in [1.82, 2.24) is 10.2 Å². The topological polar surface area (TPSA) is 69.5 Å². The molecule has 2 unspecified atom stereocenters. The molecule has 2 heterocycles. The van der Waals surface area contributed by atoms with E-state index in [-0.39, 0.29) is 0 Å². The lowest BCUT2D eigenvalue weighted by Gasteiger charge is -2.15. The summed E-state index contributed by atoms with van der Waals surface area (Å²) in [6, 6.07) is 1.89. The molecule has 2 N–H and O–H groups in total. The summed E-state index contributed by atoms with van der Waals surface area (Å²) in [7, 11) is 0. The number of hydrogen-bond acceptors (Lipinski definition) is 5. The van der Waals surface area contributed by atoms with Crippen LogP contribution >= 0.6 is 0 Å². The Morgan fingerprint density at radius 2 is 2.00 bits per heavy atom. The van der Waals surface area contributed by atoms with Crippen LogP contribution in [0.1, 0.15) is 5.56 Å². The van der Waals surface area contributed by atoms with Gasteiger partial charge in [0.25, 0.3) is 0 Å². The highest BCUT2D eigenvalue weighted by atomic mass is 16.3. The molecular formula is C9H13N3O2. The molecule has 0 amide bonds. The Morgan fingerprint density at radius 1 is 1.36 bits per heavy atom. The van der Waals surface area contributed by atoms with Crippen molar-refractivity contribution in [1.29, 1.82) is 0 Å². The van der Waals surface area contributed by atoms with E-state index in [0.717, 1.165) is 5.56 Å². The van der Waals surface area contributed by atoms with Crippen molar-refractivity contribution in [3.8, 4) is 0 Å². The van der Waals surface area contributed by atoms with Gasteiger partial charge in [0.1, 0.15) is 0 Å². The Hall–Kier alpha value is -1.20. The first-order valence-electron chi connectivity index (χ1n) is 4.57. The molecule has 1 aromatic rings. The number of hydrogen-bond donors (Lipinski definition) is 2. The van der Waals surface area contributed by atoms with Crippen molar-refractivity contribution in [2.24, 2.45) is 0 Å². The molecule has 0 spiro atoms. The van der Waals surface area contributed by atoms with Gasteiger partial charge in [0.2, 0.25) is 0 Å². The summed E-state index contributed by atoms with van der Waals surface area (Å²) in [5.74, 6) is 0.709. The van der Waals surface area contributed by atoms with Crippen molar-refractivity contribution in [3.05, 3.63) is 17.8 Å². The Morgan fingerprint density at radius 3 is 2.57 bits per heavy atom. The van der Waals surface area contributed by atoms with E-state index in [9.17, 15) is 10.2 Å². The SMILES string of the molecule is Cc1cnnc(N2CC(O)C(O)C2)c1. The maximum atomic E-state index is 9.36. The van der Waals surface area contributed by atoms with Crippen molar-refractivity contribution in [3.63, 3.8) is 0 Å². The van der Waals surface area contributed by atoms with Gasteiger partial charge in [0.15, 0.2) is 5.82 Å². The molecule has 0 bridgehead atoms. The molecule has 2 atom stereocenters. The molecule has 0 aliphatic carbocycles. The van der Waals surface area contributed by atoms with Crippen LogP contribution in [0.3, 0.4) is 0 Å². The minimum Gasteiger partial charge on any atom is -0.389 e. The molecule has 1 aliphatic heterocycles. The number of aromatic nitrogens is 2. The second kappa shape index (κ2) is 3.51. The van der Waals surface area contributed by atoms with Gasteiger partial charge in [-0.3, -0.25) is 0 Å². The van der Waals surface area contributed by atoms with E-state index in [1.165, 1.54) is 0 Å². The fraction of sp³-hybridized carbons (Fsp3) is 0.556. The van der Waals surface area contributed by atoms with Crippen LogP contribution in [0.2, 0.25) is 0 Å². The number of anilines is 1. The van der Waals surface area contributed by atoms with Crippen LogP contribution in [-0.2, 0) is 0 Å².